The van der Waals surface area contributed by atoms with Crippen LogP contribution in [0, 0.1) is 0 Å². The second kappa shape index (κ2) is 13.6. The molecule has 0 spiro atoms. The fourth-order valence-corrected chi connectivity index (χ4v) is 5.70. The number of nitrogens with zero attached hydrogens (tertiary/aromatic N) is 2. The van der Waals surface area contributed by atoms with E-state index in [1.165, 1.54) is 17.0 Å². The Morgan fingerprint density at radius 3 is 2.00 bits per heavy atom. The number of anilines is 1. The minimum Gasteiger partial charge on any atom is -0.352 e. The number of benzene rings is 3. The minimum atomic E-state index is -4.07. The first-order valence-corrected chi connectivity index (χ1v) is 14.9. The maximum absolute atomic E-state index is 14.0. The Morgan fingerprint density at radius 1 is 0.868 bits per heavy atom. The van der Waals surface area contributed by atoms with Crippen molar-refractivity contribution in [3.05, 3.63) is 95.0 Å². The molecule has 0 bridgehead atoms. The van der Waals surface area contributed by atoms with Gasteiger partial charge < -0.3 is 10.2 Å². The minimum absolute atomic E-state index is 0.0528. The third-order valence-electron chi connectivity index (χ3n) is 6.31. The number of sulfonamides is 1. The molecule has 3 aromatic carbocycles. The Bertz CT molecular complexity index is 1300. The molecule has 0 aromatic heterocycles. The number of carbonyl (C=O) groups is 2. The van der Waals surface area contributed by atoms with Crippen LogP contribution in [0.3, 0.4) is 0 Å². The standard InChI is InChI=1S/C29H34BrN3O4S/c1-4-22(3)31-29(35)27(5-2)32(20-23-12-8-6-9-13-23)28(34)21-33(25-18-16-24(30)17-19-25)38(36,37)26-14-10-7-11-15-26/h6-19,22,27H,4-5,20-21H2,1-3H3,(H,31,35)/t22-,27+/m1/s1. The van der Waals surface area contributed by atoms with Gasteiger partial charge in [-0.1, -0.05) is 78.3 Å². The lowest BCUT2D eigenvalue weighted by Gasteiger charge is -2.33. The van der Waals surface area contributed by atoms with Gasteiger partial charge in [0.1, 0.15) is 12.6 Å². The molecule has 2 atom stereocenters. The van der Waals surface area contributed by atoms with E-state index in [4.69, 9.17) is 0 Å². The van der Waals surface area contributed by atoms with E-state index in [1.807, 2.05) is 51.1 Å². The molecule has 3 aromatic rings. The molecule has 0 aliphatic rings. The normalized spacial score (nSPS) is 12.8. The van der Waals surface area contributed by atoms with Crippen molar-refractivity contribution in [3.8, 4) is 0 Å². The van der Waals surface area contributed by atoms with E-state index < -0.39 is 28.5 Å². The van der Waals surface area contributed by atoms with E-state index >= 15 is 0 Å². The lowest BCUT2D eigenvalue weighted by atomic mass is 10.1. The number of hydrogen-bond donors (Lipinski definition) is 1. The monoisotopic (exact) mass is 599 g/mol. The zero-order valence-corrected chi connectivity index (χ0v) is 24.3. The molecular weight excluding hydrogens is 566 g/mol. The van der Waals surface area contributed by atoms with Crippen molar-refractivity contribution >= 4 is 43.5 Å². The van der Waals surface area contributed by atoms with Crippen LogP contribution in [0.15, 0.2) is 94.3 Å². The molecule has 1 N–H and O–H groups in total. The molecule has 0 aliphatic carbocycles. The van der Waals surface area contributed by atoms with Gasteiger partial charge in [-0.05, 0) is 61.7 Å². The van der Waals surface area contributed by atoms with Crippen molar-refractivity contribution in [3.63, 3.8) is 0 Å². The SMILES string of the molecule is CC[C@@H](C)NC(=O)[C@H](CC)N(Cc1ccccc1)C(=O)CN(c1ccc(Br)cc1)S(=O)(=O)c1ccccc1. The third-order valence-corrected chi connectivity index (χ3v) is 8.62. The first kappa shape index (κ1) is 29.4. The highest BCUT2D eigenvalue weighted by atomic mass is 79.9. The van der Waals surface area contributed by atoms with Crippen molar-refractivity contribution in [2.45, 2.75) is 57.1 Å². The van der Waals surface area contributed by atoms with Crippen molar-refractivity contribution in [2.24, 2.45) is 0 Å². The van der Waals surface area contributed by atoms with Crippen LogP contribution in [0.1, 0.15) is 39.2 Å². The van der Waals surface area contributed by atoms with Gasteiger partial charge in [0.25, 0.3) is 10.0 Å². The number of halogens is 1. The van der Waals surface area contributed by atoms with Crippen LogP contribution in [-0.4, -0.2) is 43.8 Å². The zero-order chi connectivity index (χ0) is 27.7. The predicted octanol–water partition coefficient (Wildman–Crippen LogP) is 5.37. The van der Waals surface area contributed by atoms with Crippen LogP contribution in [0.25, 0.3) is 0 Å². The highest BCUT2D eigenvalue weighted by Crippen LogP contribution is 2.26. The lowest BCUT2D eigenvalue weighted by molar-refractivity contribution is -0.140. The summed E-state index contributed by atoms with van der Waals surface area (Å²) < 4.78 is 29.4. The largest absolute Gasteiger partial charge is 0.352 e. The molecule has 7 nitrogen and oxygen atoms in total. The second-order valence-electron chi connectivity index (χ2n) is 9.05. The Balaban J connectivity index is 2.02. The van der Waals surface area contributed by atoms with E-state index in [0.717, 1.165) is 20.8 Å². The number of carbonyl (C=O) groups excluding carboxylic acids is 2. The molecule has 202 valence electrons. The van der Waals surface area contributed by atoms with Crippen molar-refractivity contribution in [1.82, 2.24) is 10.2 Å². The van der Waals surface area contributed by atoms with Crippen molar-refractivity contribution in [1.29, 1.82) is 0 Å². The van der Waals surface area contributed by atoms with Gasteiger partial charge >= 0.3 is 0 Å². The number of amides is 2. The van der Waals surface area contributed by atoms with Gasteiger partial charge in [-0.25, -0.2) is 8.42 Å². The van der Waals surface area contributed by atoms with E-state index in [9.17, 15) is 18.0 Å². The van der Waals surface area contributed by atoms with Gasteiger partial charge in [0.2, 0.25) is 11.8 Å². The number of nitrogens with one attached hydrogen (secondary N) is 1. The smallest absolute Gasteiger partial charge is 0.264 e. The average molecular weight is 601 g/mol. The second-order valence-corrected chi connectivity index (χ2v) is 11.8. The van der Waals surface area contributed by atoms with Crippen molar-refractivity contribution < 1.29 is 18.0 Å². The predicted molar refractivity (Wildman–Crippen MR) is 154 cm³/mol. The lowest BCUT2D eigenvalue weighted by Crippen LogP contribution is -2.53. The number of rotatable bonds is 12. The highest BCUT2D eigenvalue weighted by Gasteiger charge is 2.33. The zero-order valence-electron chi connectivity index (χ0n) is 21.9. The molecule has 0 saturated heterocycles. The van der Waals surface area contributed by atoms with Gasteiger partial charge in [-0.2, -0.15) is 0 Å². The van der Waals surface area contributed by atoms with E-state index in [0.29, 0.717) is 12.1 Å². The Morgan fingerprint density at radius 2 is 1.45 bits per heavy atom. The molecule has 0 unspecified atom stereocenters. The van der Waals surface area contributed by atoms with Crippen LogP contribution in [0.4, 0.5) is 5.69 Å². The summed E-state index contributed by atoms with van der Waals surface area (Å²) in [6.45, 7) is 5.45. The molecule has 38 heavy (non-hydrogen) atoms. The summed E-state index contributed by atoms with van der Waals surface area (Å²) in [7, 11) is -4.07. The molecule has 0 heterocycles. The molecule has 2 amide bonds. The summed E-state index contributed by atoms with van der Waals surface area (Å²) in [5.41, 5.74) is 1.19. The van der Waals surface area contributed by atoms with Gasteiger partial charge in [0.15, 0.2) is 0 Å². The average Bonchev–Trinajstić information content (AvgIpc) is 2.93. The Hall–Kier alpha value is -3.17. The van der Waals surface area contributed by atoms with Crippen LogP contribution >= 0.6 is 15.9 Å². The maximum Gasteiger partial charge on any atom is 0.264 e. The molecule has 0 fully saturated rings. The molecule has 0 aliphatic heterocycles. The molecule has 9 heteroatoms. The van der Waals surface area contributed by atoms with Gasteiger partial charge in [0.05, 0.1) is 10.6 Å². The Kier molecular flexibility index (Phi) is 10.5. The molecule has 0 saturated carbocycles. The summed E-state index contributed by atoms with van der Waals surface area (Å²) >= 11 is 3.38. The molecule has 0 radical (unpaired) electrons. The van der Waals surface area contributed by atoms with Crippen LogP contribution in [-0.2, 0) is 26.2 Å². The maximum atomic E-state index is 14.0. The van der Waals surface area contributed by atoms with E-state index in [1.54, 1.807) is 42.5 Å². The summed E-state index contributed by atoms with van der Waals surface area (Å²) in [6.07, 6.45) is 1.13. The molecule has 3 rings (SSSR count). The first-order chi connectivity index (χ1) is 18.2. The first-order valence-electron chi connectivity index (χ1n) is 12.6. The third kappa shape index (κ3) is 7.45. The fraction of sp³-hybridized carbons (Fsp3) is 0.310. The summed E-state index contributed by atoms with van der Waals surface area (Å²) in [5, 5.41) is 2.98. The Labute approximate surface area is 234 Å². The summed E-state index contributed by atoms with van der Waals surface area (Å²) in [6, 6.07) is 23.3. The highest BCUT2D eigenvalue weighted by molar-refractivity contribution is 9.10. The summed E-state index contributed by atoms with van der Waals surface area (Å²) in [5.74, 6) is -0.727. The van der Waals surface area contributed by atoms with Gasteiger partial charge in [-0.3, -0.25) is 13.9 Å². The van der Waals surface area contributed by atoms with Gasteiger partial charge in [0, 0.05) is 17.1 Å². The van der Waals surface area contributed by atoms with Crippen LogP contribution in [0.5, 0.6) is 0 Å². The van der Waals surface area contributed by atoms with E-state index in [2.05, 4.69) is 21.2 Å². The number of hydrogen-bond acceptors (Lipinski definition) is 4. The van der Waals surface area contributed by atoms with Crippen LogP contribution in [0.2, 0.25) is 0 Å². The van der Waals surface area contributed by atoms with E-state index in [-0.39, 0.29) is 23.4 Å². The topological polar surface area (TPSA) is 86.8 Å². The van der Waals surface area contributed by atoms with Crippen LogP contribution < -0.4 is 9.62 Å². The summed E-state index contributed by atoms with van der Waals surface area (Å²) in [4.78, 5) is 28.8. The van der Waals surface area contributed by atoms with Crippen molar-refractivity contribution in [2.75, 3.05) is 10.8 Å². The van der Waals surface area contributed by atoms with Gasteiger partial charge in [-0.15, -0.1) is 0 Å². The quantitative estimate of drug-likeness (QED) is 0.303. The fourth-order valence-electron chi connectivity index (χ4n) is 4.00. The molecular formula is C29H34BrN3O4S.